The maximum Gasteiger partial charge on any atom is 0.323 e. The summed E-state index contributed by atoms with van der Waals surface area (Å²) in [5, 5.41) is 19.9. The third-order valence-electron chi connectivity index (χ3n) is 5.10. The first kappa shape index (κ1) is 35.0. The molecule has 0 aliphatic rings. The van der Waals surface area contributed by atoms with Gasteiger partial charge in [-0.1, -0.05) is 0 Å². The molecule has 9 nitrogen and oxygen atoms in total. The van der Waals surface area contributed by atoms with Crippen LogP contribution < -0.4 is 15.0 Å². The van der Waals surface area contributed by atoms with Gasteiger partial charge >= 0.3 is 11.9 Å². The Balaban J connectivity index is 2.07. The molecule has 0 saturated carbocycles. The molecule has 0 bridgehead atoms. The molecular weight excluding hydrogens is 962 g/mol. The van der Waals surface area contributed by atoms with Crippen molar-refractivity contribution >= 4 is 102 Å². The van der Waals surface area contributed by atoms with Gasteiger partial charge in [0, 0.05) is 20.0 Å². The molecule has 0 spiro atoms. The van der Waals surface area contributed by atoms with Crippen LogP contribution in [0.4, 0.5) is 0 Å². The molecule has 0 aliphatic heterocycles. The van der Waals surface area contributed by atoms with Crippen LogP contribution in [0.1, 0.15) is 45.6 Å². The summed E-state index contributed by atoms with van der Waals surface area (Å²) in [6.45, 7) is 5.65. The predicted octanol–water partition coefficient (Wildman–Crippen LogP) is 6.30. The van der Waals surface area contributed by atoms with Gasteiger partial charge in [-0.15, -0.1) is 0 Å². The molecule has 0 heterocycles. The number of carboxylic acid groups (broad SMARTS) is 1. The Morgan fingerprint density at radius 2 is 1.51 bits per heavy atom. The maximum atomic E-state index is 11.8. The highest BCUT2D eigenvalue weighted by Gasteiger charge is 2.24. The summed E-state index contributed by atoms with van der Waals surface area (Å²) in [5.41, 5.74) is 3.05. The summed E-state index contributed by atoms with van der Waals surface area (Å²) in [4.78, 5) is 28.5. The van der Waals surface area contributed by atoms with Crippen molar-refractivity contribution in [3.63, 3.8) is 0 Å². The van der Waals surface area contributed by atoms with Crippen molar-refractivity contribution in [3.8, 4) is 17.2 Å². The van der Waals surface area contributed by atoms with Gasteiger partial charge in [0.05, 0.1) is 26.0 Å². The summed E-state index contributed by atoms with van der Waals surface area (Å²) in [7, 11) is 1.34. The lowest BCUT2D eigenvalue weighted by molar-refractivity contribution is -0.150. The molecule has 13 heteroatoms. The fraction of sp³-hybridized carbons (Fsp3) is 0.462. The molecule has 0 amide bonds. The van der Waals surface area contributed by atoms with Crippen LogP contribution >= 0.6 is 90.4 Å². The van der Waals surface area contributed by atoms with E-state index in [-0.39, 0.29) is 25.4 Å². The molecule has 0 fully saturated rings. The SMILES string of the molecule is COC(=O)CCCC(O)COc1c(I)cc(Oc2cc(I)c(CC(NOC(C)(C)C)C(=O)O)c(I)c2)cc1I. The van der Waals surface area contributed by atoms with Crippen molar-refractivity contribution in [2.45, 2.75) is 64.2 Å². The van der Waals surface area contributed by atoms with E-state index >= 15 is 0 Å². The maximum absolute atomic E-state index is 11.8. The Morgan fingerprint density at radius 3 is 2.00 bits per heavy atom. The number of benzene rings is 2. The number of aliphatic hydroxyl groups excluding tert-OH is 1. The standard InChI is InChI=1S/C26H31I4NO8/c1-26(2,3)39-31-22(25(34)35)12-17-18(27)8-15(9-19(17)28)38-16-10-20(29)24(21(30)11-16)37-13-14(32)6-5-7-23(33)36-4/h8-11,14,22,31-32H,5-7,12-13H2,1-4H3,(H,34,35). The first-order valence-electron chi connectivity index (χ1n) is 11.9. The van der Waals surface area contributed by atoms with E-state index in [0.717, 1.165) is 19.8 Å². The number of halogens is 4. The molecule has 3 N–H and O–H groups in total. The topological polar surface area (TPSA) is 124 Å². The van der Waals surface area contributed by atoms with Gasteiger partial charge in [-0.3, -0.25) is 14.4 Å². The molecule has 216 valence electrons. The summed E-state index contributed by atoms with van der Waals surface area (Å²) >= 11 is 8.70. The van der Waals surface area contributed by atoms with Crippen LogP contribution in [0.15, 0.2) is 24.3 Å². The number of esters is 1. The van der Waals surface area contributed by atoms with Crippen LogP contribution in [-0.2, 0) is 25.6 Å². The number of aliphatic hydroxyl groups is 1. The highest BCUT2D eigenvalue weighted by molar-refractivity contribution is 14.1. The van der Waals surface area contributed by atoms with Crippen LogP contribution in [-0.4, -0.2) is 53.6 Å². The molecule has 2 unspecified atom stereocenters. The van der Waals surface area contributed by atoms with Gasteiger partial charge in [-0.05, 0) is 154 Å². The second-order valence-corrected chi connectivity index (χ2v) is 14.2. The summed E-state index contributed by atoms with van der Waals surface area (Å²) in [6.07, 6.45) is 0.765. The van der Waals surface area contributed by atoms with Gasteiger partial charge in [0.15, 0.2) is 0 Å². The lowest BCUT2D eigenvalue weighted by atomic mass is 10.1. The van der Waals surface area contributed by atoms with Crippen molar-refractivity contribution in [2.75, 3.05) is 13.7 Å². The van der Waals surface area contributed by atoms with Gasteiger partial charge in [0.25, 0.3) is 0 Å². The minimum absolute atomic E-state index is 0.109. The monoisotopic (exact) mass is 993 g/mol. The number of methoxy groups -OCH3 is 1. The van der Waals surface area contributed by atoms with Crippen molar-refractivity contribution in [3.05, 3.63) is 44.1 Å². The number of carbonyl (C=O) groups excluding carboxylic acids is 1. The zero-order chi connectivity index (χ0) is 29.3. The number of rotatable bonds is 14. The van der Waals surface area contributed by atoms with Crippen molar-refractivity contribution in [1.29, 1.82) is 0 Å². The average Bonchev–Trinajstić information content (AvgIpc) is 2.81. The van der Waals surface area contributed by atoms with Gasteiger partial charge in [0.2, 0.25) is 0 Å². The molecule has 39 heavy (non-hydrogen) atoms. The van der Waals surface area contributed by atoms with E-state index in [0.29, 0.717) is 30.1 Å². The Labute approximate surface area is 283 Å². The number of carboxylic acids is 1. The lowest BCUT2D eigenvalue weighted by Gasteiger charge is -2.23. The fourth-order valence-corrected chi connectivity index (χ4v) is 7.36. The predicted molar refractivity (Wildman–Crippen MR) is 180 cm³/mol. The number of aliphatic carboxylic acids is 1. The molecular formula is C26H31I4NO8. The van der Waals surface area contributed by atoms with E-state index in [1.807, 2.05) is 45.0 Å². The summed E-state index contributed by atoms with van der Waals surface area (Å²) < 4.78 is 20.0. The molecule has 2 rings (SSSR count). The van der Waals surface area contributed by atoms with Gasteiger partial charge in [-0.25, -0.2) is 0 Å². The average molecular weight is 993 g/mol. The first-order chi connectivity index (χ1) is 18.2. The smallest absolute Gasteiger partial charge is 0.323 e. The van der Waals surface area contributed by atoms with Crippen molar-refractivity contribution in [1.82, 2.24) is 5.48 Å². The number of ether oxygens (including phenoxy) is 3. The zero-order valence-corrected chi connectivity index (χ0v) is 30.5. The van der Waals surface area contributed by atoms with Crippen LogP contribution in [0, 0.1) is 14.3 Å². The van der Waals surface area contributed by atoms with E-state index in [2.05, 4.69) is 101 Å². The van der Waals surface area contributed by atoms with Crippen LogP contribution in [0.2, 0.25) is 0 Å². The van der Waals surface area contributed by atoms with E-state index in [4.69, 9.17) is 14.3 Å². The molecule has 2 aromatic rings. The molecule has 0 radical (unpaired) electrons. The Hall–Kier alpha value is -0.220. The minimum atomic E-state index is -0.994. The van der Waals surface area contributed by atoms with Crippen molar-refractivity contribution < 1.29 is 38.9 Å². The van der Waals surface area contributed by atoms with Crippen molar-refractivity contribution in [2.24, 2.45) is 0 Å². The third-order valence-corrected chi connectivity index (χ3v) is 8.63. The van der Waals surface area contributed by atoms with E-state index in [1.54, 1.807) is 0 Å². The highest BCUT2D eigenvalue weighted by atomic mass is 127. The van der Waals surface area contributed by atoms with E-state index in [9.17, 15) is 19.8 Å². The van der Waals surface area contributed by atoms with E-state index < -0.39 is 23.7 Å². The number of hydrogen-bond donors (Lipinski definition) is 3. The summed E-state index contributed by atoms with van der Waals surface area (Å²) in [5.74, 6) is 0.609. The molecule has 0 saturated heterocycles. The van der Waals surface area contributed by atoms with Crippen LogP contribution in [0.3, 0.4) is 0 Å². The molecule has 2 atom stereocenters. The second kappa shape index (κ2) is 16.4. The number of hydroxylamine groups is 1. The summed E-state index contributed by atoms with van der Waals surface area (Å²) in [6, 6.07) is 6.54. The number of hydrogen-bond acceptors (Lipinski definition) is 8. The highest BCUT2D eigenvalue weighted by Crippen LogP contribution is 2.35. The Kier molecular flexibility index (Phi) is 14.7. The largest absolute Gasteiger partial charge is 0.489 e. The number of nitrogens with one attached hydrogen (secondary N) is 1. The fourth-order valence-electron chi connectivity index (χ4n) is 3.18. The van der Waals surface area contributed by atoms with E-state index in [1.165, 1.54) is 7.11 Å². The quantitative estimate of drug-likeness (QED) is 0.114. The van der Waals surface area contributed by atoms with Gasteiger partial charge in [-0.2, -0.15) is 5.48 Å². The Bertz CT molecular complexity index is 1110. The molecule has 0 aliphatic carbocycles. The normalized spacial score (nSPS) is 13.1. The minimum Gasteiger partial charge on any atom is -0.489 e. The second-order valence-electron chi connectivity index (χ2n) is 9.54. The zero-order valence-electron chi connectivity index (χ0n) is 21.9. The van der Waals surface area contributed by atoms with Crippen LogP contribution in [0.5, 0.6) is 17.2 Å². The lowest BCUT2D eigenvalue weighted by Crippen LogP contribution is -2.43. The third kappa shape index (κ3) is 12.3. The molecule has 0 aromatic heterocycles. The van der Waals surface area contributed by atoms with Gasteiger partial charge < -0.3 is 24.4 Å². The molecule has 2 aromatic carbocycles. The Morgan fingerprint density at radius 1 is 0.974 bits per heavy atom. The number of carbonyl (C=O) groups is 2. The van der Waals surface area contributed by atoms with Gasteiger partial charge in [0.1, 0.15) is 29.9 Å². The first-order valence-corrected chi connectivity index (χ1v) is 16.2. The van der Waals surface area contributed by atoms with Crippen LogP contribution in [0.25, 0.3) is 0 Å².